The molecule has 0 aromatic heterocycles. The Morgan fingerprint density at radius 2 is 1.76 bits per heavy atom. The molecule has 0 saturated carbocycles. The van der Waals surface area contributed by atoms with Gasteiger partial charge >= 0.3 is 7.82 Å². The lowest BCUT2D eigenvalue weighted by Crippen LogP contribution is -2.39. The Morgan fingerprint density at radius 3 is 2.24 bits per heavy atom. The molecule has 8 heteroatoms. The highest BCUT2D eigenvalue weighted by atomic mass is 31.2. The smallest absolute Gasteiger partial charge is 0.392 e. The largest absolute Gasteiger partial charge is 0.469 e. The maximum atomic E-state index is 10.9. The van der Waals surface area contributed by atoms with Crippen LogP contribution in [0.2, 0.25) is 0 Å². The molecule has 0 saturated heterocycles. The fraction of sp³-hybridized carbons (Fsp3) is 0.538. The Kier molecular flexibility index (Phi) is 8.92. The molecule has 21 heavy (non-hydrogen) atoms. The van der Waals surface area contributed by atoms with Gasteiger partial charge in [-0.05, 0) is 13.8 Å². The highest BCUT2D eigenvalue weighted by molar-refractivity contribution is 7.46. The Hall–Kier alpha value is -0.790. The van der Waals surface area contributed by atoms with Crippen molar-refractivity contribution in [2.45, 2.75) is 38.1 Å². The van der Waals surface area contributed by atoms with Gasteiger partial charge in [-0.2, -0.15) is 0 Å². The number of phosphoric ester groups is 1. The molecule has 7 nitrogen and oxygen atoms in total. The van der Waals surface area contributed by atoms with E-state index in [0.717, 1.165) is 0 Å². The lowest BCUT2D eigenvalue weighted by molar-refractivity contribution is -0.0600. The SMILES string of the molecule is CC(C)(O)[C@@H](C[C@@H](O)\C=C/C=C\C=C\CO)OP(=O)(O)O. The van der Waals surface area contributed by atoms with Gasteiger partial charge < -0.3 is 25.1 Å². The van der Waals surface area contributed by atoms with E-state index in [1.54, 1.807) is 18.2 Å². The van der Waals surface area contributed by atoms with Gasteiger partial charge in [0.15, 0.2) is 0 Å². The Bertz CT molecular complexity index is 417. The van der Waals surface area contributed by atoms with Crippen LogP contribution in [-0.2, 0) is 9.09 Å². The fourth-order valence-electron chi connectivity index (χ4n) is 1.38. The number of aliphatic hydroxyl groups is 3. The number of hydrogen-bond donors (Lipinski definition) is 5. The first-order valence-electron chi connectivity index (χ1n) is 6.31. The predicted molar refractivity (Wildman–Crippen MR) is 78.3 cm³/mol. The van der Waals surface area contributed by atoms with Crippen molar-refractivity contribution in [3.8, 4) is 0 Å². The van der Waals surface area contributed by atoms with E-state index >= 15 is 0 Å². The van der Waals surface area contributed by atoms with E-state index in [1.165, 1.54) is 32.1 Å². The summed E-state index contributed by atoms with van der Waals surface area (Å²) in [4.78, 5) is 17.6. The first-order valence-corrected chi connectivity index (χ1v) is 7.84. The molecule has 0 unspecified atom stereocenters. The zero-order chi connectivity index (χ0) is 16.5. The minimum Gasteiger partial charge on any atom is -0.392 e. The third-order valence-electron chi connectivity index (χ3n) is 2.42. The van der Waals surface area contributed by atoms with Gasteiger partial charge in [-0.1, -0.05) is 36.5 Å². The minimum atomic E-state index is -4.76. The molecule has 2 atom stereocenters. The van der Waals surface area contributed by atoms with Crippen LogP contribution in [0.25, 0.3) is 0 Å². The van der Waals surface area contributed by atoms with Crippen LogP contribution >= 0.6 is 7.82 Å². The maximum Gasteiger partial charge on any atom is 0.469 e. The third-order valence-corrected chi connectivity index (χ3v) is 2.95. The van der Waals surface area contributed by atoms with Crippen molar-refractivity contribution >= 4 is 7.82 Å². The van der Waals surface area contributed by atoms with E-state index in [-0.39, 0.29) is 13.0 Å². The van der Waals surface area contributed by atoms with Crippen molar-refractivity contribution in [1.29, 1.82) is 0 Å². The first-order chi connectivity index (χ1) is 9.56. The van der Waals surface area contributed by atoms with Crippen LogP contribution in [0.4, 0.5) is 0 Å². The quantitative estimate of drug-likeness (QED) is 0.311. The molecule has 0 aliphatic heterocycles. The summed E-state index contributed by atoms with van der Waals surface area (Å²) in [5.74, 6) is 0. The summed E-state index contributed by atoms with van der Waals surface area (Å²) in [7, 11) is -4.76. The fourth-order valence-corrected chi connectivity index (χ4v) is 2.06. The molecule has 5 N–H and O–H groups in total. The average Bonchev–Trinajstić information content (AvgIpc) is 2.30. The summed E-state index contributed by atoms with van der Waals surface area (Å²) in [6.07, 6.45) is 6.88. The Balaban J connectivity index is 4.57. The zero-order valence-electron chi connectivity index (χ0n) is 12.0. The molecular formula is C13H23O7P. The summed E-state index contributed by atoms with van der Waals surface area (Å²) < 4.78 is 15.4. The molecule has 0 heterocycles. The van der Waals surface area contributed by atoms with E-state index in [2.05, 4.69) is 4.52 Å². The highest BCUT2D eigenvalue weighted by Gasteiger charge is 2.34. The molecule has 0 aliphatic rings. The molecule has 0 aromatic rings. The van der Waals surface area contributed by atoms with Gasteiger partial charge in [0, 0.05) is 6.42 Å². The number of phosphoric acid groups is 1. The molecular weight excluding hydrogens is 299 g/mol. The molecule has 0 bridgehead atoms. The van der Waals surface area contributed by atoms with Gasteiger partial charge in [0.05, 0.1) is 18.3 Å². The molecule has 0 aromatic carbocycles. The maximum absolute atomic E-state index is 10.9. The standard InChI is InChI=1S/C13H23O7P/c1-13(2,16)12(20-21(17,18)19)10-11(15)8-6-4-3-5-7-9-14/h3-8,11-12,14-16H,9-10H2,1-2H3,(H2,17,18,19)/b4-3-,7-5+,8-6-/t11-,12+/m0/s1. The summed E-state index contributed by atoms with van der Waals surface area (Å²) in [5, 5.41) is 28.1. The average molecular weight is 322 g/mol. The number of aliphatic hydroxyl groups excluding tert-OH is 2. The predicted octanol–water partition coefficient (Wildman–Crippen LogP) is 0.647. The van der Waals surface area contributed by atoms with Crippen molar-refractivity contribution in [1.82, 2.24) is 0 Å². The minimum absolute atomic E-state index is 0.0658. The van der Waals surface area contributed by atoms with Gasteiger partial charge in [0.25, 0.3) is 0 Å². The van der Waals surface area contributed by atoms with Crippen LogP contribution in [0.5, 0.6) is 0 Å². The van der Waals surface area contributed by atoms with Crippen LogP contribution in [0, 0.1) is 0 Å². The van der Waals surface area contributed by atoms with E-state index < -0.39 is 25.6 Å². The van der Waals surface area contributed by atoms with E-state index in [9.17, 15) is 14.8 Å². The number of rotatable bonds is 9. The van der Waals surface area contributed by atoms with E-state index in [0.29, 0.717) is 0 Å². The third kappa shape index (κ3) is 11.5. The molecule has 122 valence electrons. The monoisotopic (exact) mass is 322 g/mol. The molecule has 0 amide bonds. The molecule has 0 radical (unpaired) electrons. The van der Waals surface area contributed by atoms with Crippen molar-refractivity contribution in [3.05, 3.63) is 36.5 Å². The van der Waals surface area contributed by atoms with Gasteiger partial charge in [-0.3, -0.25) is 4.52 Å². The van der Waals surface area contributed by atoms with Gasteiger partial charge in [0.1, 0.15) is 6.10 Å². The summed E-state index contributed by atoms with van der Waals surface area (Å²) in [5.41, 5.74) is -1.52. The van der Waals surface area contributed by atoms with Gasteiger partial charge in [-0.25, -0.2) is 4.57 Å². The second kappa shape index (κ2) is 9.27. The van der Waals surface area contributed by atoms with Crippen molar-refractivity contribution in [2.75, 3.05) is 6.61 Å². The van der Waals surface area contributed by atoms with E-state index in [4.69, 9.17) is 14.9 Å². The molecule has 0 aliphatic carbocycles. The van der Waals surface area contributed by atoms with Gasteiger partial charge in [0.2, 0.25) is 0 Å². The zero-order valence-corrected chi connectivity index (χ0v) is 12.9. The number of hydrogen-bond acceptors (Lipinski definition) is 5. The van der Waals surface area contributed by atoms with E-state index in [1.807, 2.05) is 0 Å². The highest BCUT2D eigenvalue weighted by Crippen LogP contribution is 2.41. The topological polar surface area (TPSA) is 127 Å². The second-order valence-corrected chi connectivity index (χ2v) is 6.11. The normalized spacial score (nSPS) is 17.1. The lowest BCUT2D eigenvalue weighted by atomic mass is 9.96. The molecule has 0 fully saturated rings. The summed E-state index contributed by atoms with van der Waals surface area (Å²) in [6, 6.07) is 0. The van der Waals surface area contributed by atoms with Crippen LogP contribution in [0.3, 0.4) is 0 Å². The van der Waals surface area contributed by atoms with Crippen LogP contribution in [0.15, 0.2) is 36.5 Å². The number of allylic oxidation sites excluding steroid dienone is 4. The van der Waals surface area contributed by atoms with Crippen LogP contribution in [0.1, 0.15) is 20.3 Å². The molecule has 0 spiro atoms. The van der Waals surface area contributed by atoms with Crippen molar-refractivity contribution in [3.63, 3.8) is 0 Å². The first kappa shape index (κ1) is 20.2. The van der Waals surface area contributed by atoms with Crippen molar-refractivity contribution in [2.24, 2.45) is 0 Å². The Labute approximate surface area is 124 Å². The Morgan fingerprint density at radius 1 is 1.19 bits per heavy atom. The summed E-state index contributed by atoms with van der Waals surface area (Å²) >= 11 is 0. The summed E-state index contributed by atoms with van der Waals surface area (Å²) in [6.45, 7) is 2.61. The molecule has 0 rings (SSSR count). The lowest BCUT2D eigenvalue weighted by Gasteiger charge is -2.30. The second-order valence-electron chi connectivity index (χ2n) is 4.92. The van der Waals surface area contributed by atoms with Crippen LogP contribution < -0.4 is 0 Å². The van der Waals surface area contributed by atoms with Crippen molar-refractivity contribution < 1.29 is 34.2 Å². The van der Waals surface area contributed by atoms with Gasteiger partial charge in [-0.15, -0.1) is 0 Å². The van der Waals surface area contributed by atoms with Crippen LogP contribution in [-0.4, -0.2) is 49.5 Å².